The van der Waals surface area contributed by atoms with Gasteiger partial charge < -0.3 is 15.1 Å². The van der Waals surface area contributed by atoms with E-state index >= 15 is 0 Å². The molecule has 0 radical (unpaired) electrons. The zero-order chi connectivity index (χ0) is 14.0. The lowest BCUT2D eigenvalue weighted by Crippen LogP contribution is -2.55. The number of carbonyl (C=O) groups excluding carboxylic acids is 2. The van der Waals surface area contributed by atoms with Crippen molar-refractivity contribution in [3.05, 3.63) is 24.3 Å². The van der Waals surface area contributed by atoms with Crippen LogP contribution in [0.4, 0.5) is 5.69 Å². The third-order valence-corrected chi connectivity index (χ3v) is 2.76. The van der Waals surface area contributed by atoms with E-state index in [1.54, 1.807) is 12.1 Å². The molecule has 2 amide bonds. The summed E-state index contributed by atoms with van der Waals surface area (Å²) >= 11 is 0. The van der Waals surface area contributed by atoms with E-state index in [1.165, 1.54) is 17.0 Å². The predicted molar refractivity (Wildman–Crippen MR) is 64.7 cm³/mol. The molecule has 2 rings (SSSR count). The Hall–Kier alpha value is -2.57. The summed E-state index contributed by atoms with van der Waals surface area (Å²) in [6.45, 7) is -0.741. The molecular weight excluding hydrogens is 252 g/mol. The number of phenolic OH excluding ortho intramolecular Hbond substituents is 1. The first kappa shape index (κ1) is 12.9. The van der Waals surface area contributed by atoms with Gasteiger partial charge in [0.05, 0.1) is 13.1 Å². The first-order chi connectivity index (χ1) is 8.97. The molecule has 0 bridgehead atoms. The number of phenols is 1. The maximum absolute atomic E-state index is 11.7. The van der Waals surface area contributed by atoms with Gasteiger partial charge in [-0.2, -0.15) is 0 Å². The molecule has 0 unspecified atom stereocenters. The van der Waals surface area contributed by atoms with Crippen LogP contribution < -0.4 is 4.90 Å². The molecule has 1 heterocycles. The third kappa shape index (κ3) is 2.82. The number of carbonyl (C=O) groups is 3. The number of imide groups is 1. The van der Waals surface area contributed by atoms with Gasteiger partial charge in [-0.15, -0.1) is 0 Å². The van der Waals surface area contributed by atoms with Crippen molar-refractivity contribution in [3.8, 4) is 5.75 Å². The van der Waals surface area contributed by atoms with Crippen molar-refractivity contribution in [1.29, 1.82) is 0 Å². The molecule has 1 fully saturated rings. The van der Waals surface area contributed by atoms with E-state index in [9.17, 15) is 19.5 Å². The van der Waals surface area contributed by atoms with Gasteiger partial charge in [0, 0.05) is 5.69 Å². The minimum Gasteiger partial charge on any atom is -0.508 e. The second kappa shape index (κ2) is 4.97. The molecule has 1 aromatic rings. The van der Waals surface area contributed by atoms with Crippen LogP contribution in [0.1, 0.15) is 0 Å². The van der Waals surface area contributed by atoms with E-state index in [0.29, 0.717) is 5.69 Å². The highest BCUT2D eigenvalue weighted by Crippen LogP contribution is 2.20. The number of rotatable bonds is 3. The largest absolute Gasteiger partial charge is 0.508 e. The molecule has 19 heavy (non-hydrogen) atoms. The molecule has 7 heteroatoms. The SMILES string of the molecule is O=C(O)CN1C(=O)CN(c2ccc(O)cc2)CC1=O. The number of nitrogens with zero attached hydrogens (tertiary/aromatic N) is 2. The molecule has 0 aromatic heterocycles. The molecule has 1 saturated heterocycles. The van der Waals surface area contributed by atoms with Crippen LogP contribution in [0.2, 0.25) is 0 Å². The van der Waals surface area contributed by atoms with Gasteiger partial charge in [0.1, 0.15) is 12.3 Å². The lowest BCUT2D eigenvalue weighted by atomic mass is 10.2. The molecule has 7 nitrogen and oxygen atoms in total. The molecule has 0 spiro atoms. The van der Waals surface area contributed by atoms with Gasteiger partial charge in [0.2, 0.25) is 11.8 Å². The average Bonchev–Trinajstić information content (AvgIpc) is 2.34. The monoisotopic (exact) mass is 264 g/mol. The van der Waals surface area contributed by atoms with E-state index in [0.717, 1.165) is 4.90 Å². The normalized spacial score (nSPS) is 15.8. The summed E-state index contributed by atoms with van der Waals surface area (Å²) in [5.41, 5.74) is 0.620. The first-order valence-electron chi connectivity index (χ1n) is 5.56. The number of hydrogen-bond donors (Lipinski definition) is 2. The van der Waals surface area contributed by atoms with Gasteiger partial charge in [-0.3, -0.25) is 19.3 Å². The minimum atomic E-state index is -1.22. The minimum absolute atomic E-state index is 0.0657. The van der Waals surface area contributed by atoms with Crippen molar-refractivity contribution in [1.82, 2.24) is 4.90 Å². The van der Waals surface area contributed by atoms with Crippen LogP contribution in [-0.2, 0) is 14.4 Å². The van der Waals surface area contributed by atoms with Gasteiger partial charge in [0.25, 0.3) is 0 Å². The van der Waals surface area contributed by atoms with Crippen LogP contribution >= 0.6 is 0 Å². The highest BCUT2D eigenvalue weighted by atomic mass is 16.4. The molecule has 1 aliphatic rings. The molecule has 100 valence electrons. The molecule has 1 aromatic carbocycles. The fourth-order valence-electron chi connectivity index (χ4n) is 1.85. The van der Waals surface area contributed by atoms with Crippen LogP contribution in [0.5, 0.6) is 5.75 Å². The smallest absolute Gasteiger partial charge is 0.323 e. The Labute approximate surface area is 108 Å². The fraction of sp³-hybridized carbons (Fsp3) is 0.250. The number of anilines is 1. The summed E-state index contributed by atoms with van der Waals surface area (Å²) in [6.07, 6.45) is 0. The van der Waals surface area contributed by atoms with Crippen molar-refractivity contribution < 1.29 is 24.6 Å². The van der Waals surface area contributed by atoms with Crippen molar-refractivity contribution in [2.75, 3.05) is 24.5 Å². The number of benzene rings is 1. The number of amides is 2. The number of aromatic hydroxyl groups is 1. The molecule has 0 atom stereocenters. The topological polar surface area (TPSA) is 98.2 Å². The Balaban J connectivity index is 2.13. The van der Waals surface area contributed by atoms with E-state index in [1.807, 2.05) is 0 Å². The predicted octanol–water partition coefficient (Wildman–Crippen LogP) is -0.348. The average molecular weight is 264 g/mol. The summed E-state index contributed by atoms with van der Waals surface area (Å²) in [7, 11) is 0. The van der Waals surface area contributed by atoms with Crippen molar-refractivity contribution in [2.45, 2.75) is 0 Å². The Bertz CT molecular complexity index is 507. The first-order valence-corrected chi connectivity index (χ1v) is 5.56. The molecular formula is C12H12N2O5. The van der Waals surface area contributed by atoms with Gasteiger partial charge in [0.15, 0.2) is 0 Å². The highest BCUT2D eigenvalue weighted by molar-refractivity contribution is 6.04. The van der Waals surface area contributed by atoms with Crippen molar-refractivity contribution in [3.63, 3.8) is 0 Å². The Morgan fingerprint density at radius 2 is 1.63 bits per heavy atom. The zero-order valence-electron chi connectivity index (χ0n) is 9.94. The maximum atomic E-state index is 11.7. The summed E-state index contributed by atoms with van der Waals surface area (Å²) < 4.78 is 0. The third-order valence-electron chi connectivity index (χ3n) is 2.76. The van der Waals surface area contributed by atoms with Gasteiger partial charge in [-0.1, -0.05) is 0 Å². The lowest BCUT2D eigenvalue weighted by Gasteiger charge is -2.33. The van der Waals surface area contributed by atoms with E-state index in [-0.39, 0.29) is 18.8 Å². The highest BCUT2D eigenvalue weighted by Gasteiger charge is 2.32. The summed E-state index contributed by atoms with van der Waals surface area (Å²) in [4.78, 5) is 36.3. The lowest BCUT2D eigenvalue weighted by molar-refractivity contribution is -0.153. The zero-order valence-corrected chi connectivity index (χ0v) is 9.94. The van der Waals surface area contributed by atoms with E-state index < -0.39 is 24.3 Å². The quantitative estimate of drug-likeness (QED) is 0.724. The van der Waals surface area contributed by atoms with Crippen LogP contribution in [0.25, 0.3) is 0 Å². The van der Waals surface area contributed by atoms with Crippen molar-refractivity contribution in [2.24, 2.45) is 0 Å². The Morgan fingerprint density at radius 3 is 2.11 bits per heavy atom. The summed E-state index contributed by atoms with van der Waals surface area (Å²) in [5.74, 6) is -2.23. The van der Waals surface area contributed by atoms with Crippen LogP contribution in [-0.4, -0.2) is 52.5 Å². The Morgan fingerprint density at radius 1 is 1.11 bits per heavy atom. The number of carboxylic acids is 1. The van der Waals surface area contributed by atoms with E-state index in [2.05, 4.69) is 0 Å². The summed E-state index contributed by atoms with van der Waals surface area (Å²) in [5, 5.41) is 17.8. The maximum Gasteiger partial charge on any atom is 0.323 e. The number of hydrogen-bond acceptors (Lipinski definition) is 5. The van der Waals surface area contributed by atoms with Gasteiger partial charge >= 0.3 is 5.97 Å². The molecule has 0 aliphatic carbocycles. The fourth-order valence-corrected chi connectivity index (χ4v) is 1.85. The van der Waals surface area contributed by atoms with E-state index in [4.69, 9.17) is 5.11 Å². The van der Waals surface area contributed by atoms with Gasteiger partial charge in [-0.25, -0.2) is 0 Å². The second-order valence-corrected chi connectivity index (χ2v) is 4.14. The molecule has 2 N–H and O–H groups in total. The number of aliphatic carboxylic acids is 1. The second-order valence-electron chi connectivity index (χ2n) is 4.14. The molecule has 1 aliphatic heterocycles. The van der Waals surface area contributed by atoms with Crippen molar-refractivity contribution >= 4 is 23.5 Å². The van der Waals surface area contributed by atoms with Crippen LogP contribution in [0.3, 0.4) is 0 Å². The standard InChI is InChI=1S/C12H12N2O5/c15-9-3-1-8(2-4-9)13-5-10(16)14(7-12(18)19)11(17)6-13/h1-4,15H,5-7H2,(H,18,19). The number of carboxylic acid groups (broad SMARTS) is 1. The van der Waals surface area contributed by atoms with Crippen LogP contribution in [0, 0.1) is 0 Å². The number of piperazine rings is 1. The summed E-state index contributed by atoms with van der Waals surface area (Å²) in [6, 6.07) is 6.08. The van der Waals surface area contributed by atoms with Crippen LogP contribution in [0.15, 0.2) is 24.3 Å². The Kier molecular flexibility index (Phi) is 3.37. The van der Waals surface area contributed by atoms with Gasteiger partial charge in [-0.05, 0) is 24.3 Å². The molecule has 0 saturated carbocycles.